The van der Waals surface area contributed by atoms with E-state index in [1.54, 1.807) is 0 Å². The van der Waals surface area contributed by atoms with Crippen molar-refractivity contribution in [3.63, 3.8) is 0 Å². The Hall–Kier alpha value is -1.04. The Bertz CT molecular complexity index is 770. The van der Waals surface area contributed by atoms with Gasteiger partial charge in [-0.05, 0) is 0 Å². The van der Waals surface area contributed by atoms with Crippen LogP contribution in [0, 0.1) is 0 Å². The summed E-state index contributed by atoms with van der Waals surface area (Å²) in [5.41, 5.74) is 5.63. The van der Waals surface area contributed by atoms with E-state index in [0.717, 1.165) is 0 Å². The molecule has 2 aliphatic carbocycles. The average Bonchev–Trinajstić information content (AvgIpc) is 3.20. The summed E-state index contributed by atoms with van der Waals surface area (Å²) in [7, 11) is 7.00. The maximum atomic E-state index is 7.00. The van der Waals surface area contributed by atoms with Gasteiger partial charge in [0.1, 0.15) is 0 Å². The van der Waals surface area contributed by atoms with Crippen molar-refractivity contribution in [2.45, 2.75) is 22.4 Å². The van der Waals surface area contributed by atoms with E-state index in [4.69, 9.17) is 8.51 Å². The van der Waals surface area contributed by atoms with Crippen molar-refractivity contribution >= 4 is 24.4 Å². The standard InChI is InChI=1S/C19H15.C2H4.ClH.Zr/c1-3-7-18-14(5-1)9-11-16(18)13-17-12-10-15-6-2-4-8-19(15)17;1-2;;/h1-13,16-17H;1H,2H3;1H;/q;;;+1/p-1. The fourth-order valence-corrected chi connectivity index (χ4v) is 9.61. The van der Waals surface area contributed by atoms with Crippen LogP contribution in [0.15, 0.2) is 60.7 Å². The van der Waals surface area contributed by atoms with Crippen molar-refractivity contribution < 1.29 is 20.1 Å². The van der Waals surface area contributed by atoms with Gasteiger partial charge in [-0.25, -0.2) is 0 Å². The van der Waals surface area contributed by atoms with Crippen molar-refractivity contribution in [2.75, 3.05) is 0 Å². The second-order valence-corrected chi connectivity index (χ2v) is 13.8. The van der Waals surface area contributed by atoms with Crippen molar-refractivity contribution in [3.8, 4) is 0 Å². The number of rotatable bonds is 3. The van der Waals surface area contributed by atoms with Crippen LogP contribution in [0.3, 0.4) is 0 Å². The van der Waals surface area contributed by atoms with Crippen LogP contribution in [-0.2, 0) is 20.1 Å². The second-order valence-electron chi connectivity index (χ2n) is 6.23. The maximum absolute atomic E-state index is 7.00. The molecule has 0 amide bonds. The van der Waals surface area contributed by atoms with Gasteiger partial charge in [0.15, 0.2) is 0 Å². The predicted octanol–water partition coefficient (Wildman–Crippen LogP) is 5.99. The van der Waals surface area contributed by atoms with E-state index in [1.165, 1.54) is 22.3 Å². The monoisotopic (exact) mass is 396 g/mol. The molecule has 0 aliphatic heterocycles. The molecule has 0 radical (unpaired) electrons. The van der Waals surface area contributed by atoms with Gasteiger partial charge in [0.05, 0.1) is 0 Å². The zero-order valence-corrected chi connectivity index (χ0v) is 16.3. The van der Waals surface area contributed by atoms with E-state index in [1.807, 2.05) is 0 Å². The van der Waals surface area contributed by atoms with Gasteiger partial charge in [-0.1, -0.05) is 0 Å². The Balaban J connectivity index is 1.80. The number of hydrogen-bond donors (Lipinski definition) is 0. The third kappa shape index (κ3) is 2.69. The summed E-state index contributed by atoms with van der Waals surface area (Å²) in [5, 5.41) is 0. The van der Waals surface area contributed by atoms with Crippen LogP contribution < -0.4 is 0 Å². The zero-order valence-electron chi connectivity index (χ0n) is 13.1. The molecule has 4 rings (SSSR count). The topological polar surface area (TPSA) is 0 Å². The van der Waals surface area contributed by atoms with Gasteiger partial charge >= 0.3 is 150 Å². The first-order valence-corrected chi connectivity index (χ1v) is 14.2. The predicted molar refractivity (Wildman–Crippen MR) is 97.8 cm³/mol. The third-order valence-electron chi connectivity index (χ3n) is 5.04. The molecule has 0 bridgehead atoms. The normalized spacial score (nSPS) is 23.0. The summed E-state index contributed by atoms with van der Waals surface area (Å²) in [5.74, 6) is 0.908. The van der Waals surface area contributed by atoms with E-state index >= 15 is 0 Å². The van der Waals surface area contributed by atoms with E-state index in [0.29, 0.717) is 15.5 Å². The Morgan fingerprint density at radius 1 is 0.870 bits per heavy atom. The minimum atomic E-state index is -2.11. The van der Waals surface area contributed by atoms with E-state index in [-0.39, 0.29) is 0 Å². The van der Waals surface area contributed by atoms with Gasteiger partial charge < -0.3 is 0 Å². The molecule has 2 aromatic carbocycles. The first-order valence-electron chi connectivity index (χ1n) is 8.15. The molecule has 0 fully saturated rings. The third-order valence-corrected chi connectivity index (χ3v) is 12.5. The molecule has 2 aliphatic rings. The van der Waals surface area contributed by atoms with Crippen LogP contribution in [0.2, 0.25) is 3.63 Å². The van der Waals surface area contributed by atoms with Crippen LogP contribution in [0.4, 0.5) is 0 Å². The van der Waals surface area contributed by atoms with Gasteiger partial charge in [-0.3, -0.25) is 0 Å². The quantitative estimate of drug-likeness (QED) is 0.596. The molecule has 2 atom stereocenters. The van der Waals surface area contributed by atoms with Crippen LogP contribution in [-0.4, -0.2) is 3.71 Å². The number of allylic oxidation sites excluding steroid dienone is 2. The van der Waals surface area contributed by atoms with Crippen LogP contribution >= 0.6 is 8.51 Å². The zero-order chi connectivity index (χ0) is 15.8. The van der Waals surface area contributed by atoms with E-state index < -0.39 is 20.1 Å². The van der Waals surface area contributed by atoms with Crippen LogP contribution in [0.5, 0.6) is 0 Å². The molecule has 23 heavy (non-hydrogen) atoms. The molecular formula is C21H19ClZr. The van der Waals surface area contributed by atoms with E-state index in [2.05, 4.69) is 83.5 Å². The molecule has 114 valence electrons. The molecule has 0 saturated carbocycles. The van der Waals surface area contributed by atoms with Gasteiger partial charge in [-0.2, -0.15) is 0 Å². The molecular weight excluding hydrogens is 379 g/mol. The molecule has 0 N–H and O–H groups in total. The molecule has 2 aromatic rings. The van der Waals surface area contributed by atoms with Gasteiger partial charge in [0, 0.05) is 0 Å². The first-order chi connectivity index (χ1) is 11.3. The Kier molecular flexibility index (Phi) is 4.35. The van der Waals surface area contributed by atoms with Crippen molar-refractivity contribution in [1.29, 1.82) is 0 Å². The second kappa shape index (κ2) is 6.46. The number of benzene rings is 2. The molecule has 0 heterocycles. The van der Waals surface area contributed by atoms with E-state index in [9.17, 15) is 0 Å². The summed E-state index contributed by atoms with van der Waals surface area (Å²) < 4.78 is 2.86. The molecule has 0 saturated heterocycles. The summed E-state index contributed by atoms with van der Waals surface area (Å²) >= 11 is -2.11. The molecule has 0 spiro atoms. The van der Waals surface area contributed by atoms with Crippen LogP contribution in [0.25, 0.3) is 12.2 Å². The summed E-state index contributed by atoms with van der Waals surface area (Å²) in [6.07, 6.45) is 9.33. The van der Waals surface area contributed by atoms with Gasteiger partial charge in [0.25, 0.3) is 0 Å². The number of fused-ring (bicyclic) bond motifs is 2. The van der Waals surface area contributed by atoms with Crippen molar-refractivity contribution in [1.82, 2.24) is 0 Å². The van der Waals surface area contributed by atoms with Crippen molar-refractivity contribution in [3.05, 3.63) is 82.9 Å². The summed E-state index contributed by atoms with van der Waals surface area (Å²) in [6, 6.07) is 17.5. The van der Waals surface area contributed by atoms with Crippen molar-refractivity contribution in [2.24, 2.45) is 0 Å². The molecule has 2 unspecified atom stereocenters. The Morgan fingerprint density at radius 2 is 1.35 bits per heavy atom. The summed E-state index contributed by atoms with van der Waals surface area (Å²) in [4.78, 5) is 0. The first kappa shape index (κ1) is 15.5. The Labute approximate surface area is 149 Å². The number of hydrogen-bond acceptors (Lipinski definition) is 0. The van der Waals surface area contributed by atoms with Gasteiger partial charge in [0.2, 0.25) is 0 Å². The fourth-order valence-electron chi connectivity index (χ4n) is 3.94. The SMILES string of the molecule is C[CH]=[Zr]([Cl])[CH](C1C=Cc2ccccc21)C1C=Cc2ccccc21. The molecule has 2 heteroatoms. The number of halogens is 1. The molecule has 0 aromatic heterocycles. The summed E-state index contributed by atoms with van der Waals surface area (Å²) in [6.45, 7) is 2.16. The fraction of sp³-hybridized carbons (Fsp3) is 0.190. The van der Waals surface area contributed by atoms with Crippen LogP contribution in [0.1, 0.15) is 41.0 Å². The van der Waals surface area contributed by atoms with Gasteiger partial charge in [-0.15, -0.1) is 0 Å². The Morgan fingerprint density at radius 3 is 1.83 bits per heavy atom. The molecule has 0 nitrogen and oxygen atoms in total. The minimum absolute atomic E-state index is 0.454. The average molecular weight is 398 g/mol.